The van der Waals surface area contributed by atoms with Crippen molar-refractivity contribution in [3.05, 3.63) is 34.3 Å². The second-order valence-electron chi connectivity index (χ2n) is 4.05. The Hall–Kier alpha value is 0.390. The standard InChI is InChI=1S/C13H18BrIO/c1-3-4-9-16-13(2,10-15)11-7-5-6-8-12(11)14/h5-8H,3-4,9-10H2,1-2H3. The van der Waals surface area contributed by atoms with Gasteiger partial charge >= 0.3 is 0 Å². The van der Waals surface area contributed by atoms with Gasteiger partial charge in [0.15, 0.2) is 0 Å². The lowest BCUT2D eigenvalue weighted by Gasteiger charge is -2.29. The second kappa shape index (κ2) is 6.97. The SMILES string of the molecule is CCCCOC(C)(CI)c1ccccc1Br. The third-order valence-electron chi connectivity index (χ3n) is 2.62. The Kier molecular flexibility index (Phi) is 6.29. The van der Waals surface area contributed by atoms with Gasteiger partial charge in [0.25, 0.3) is 0 Å². The van der Waals surface area contributed by atoms with Crippen molar-refractivity contribution in [1.82, 2.24) is 0 Å². The first-order valence-electron chi connectivity index (χ1n) is 5.59. The number of ether oxygens (including phenoxy) is 1. The van der Waals surface area contributed by atoms with Crippen LogP contribution in [-0.2, 0) is 10.3 Å². The van der Waals surface area contributed by atoms with Crippen molar-refractivity contribution in [3.63, 3.8) is 0 Å². The average Bonchev–Trinajstić information content (AvgIpc) is 2.30. The molecule has 0 aliphatic heterocycles. The number of alkyl halides is 1. The first-order chi connectivity index (χ1) is 7.64. The third-order valence-corrected chi connectivity index (χ3v) is 4.76. The van der Waals surface area contributed by atoms with E-state index in [4.69, 9.17) is 4.74 Å². The number of hydrogen-bond donors (Lipinski definition) is 0. The van der Waals surface area contributed by atoms with Gasteiger partial charge < -0.3 is 4.74 Å². The molecule has 1 unspecified atom stereocenters. The quantitative estimate of drug-likeness (QED) is 0.377. The topological polar surface area (TPSA) is 9.23 Å². The summed E-state index contributed by atoms with van der Waals surface area (Å²) in [6.07, 6.45) is 2.30. The number of halogens is 2. The van der Waals surface area contributed by atoms with Crippen LogP contribution in [-0.4, -0.2) is 11.0 Å². The smallest absolute Gasteiger partial charge is 0.100 e. The molecule has 0 N–H and O–H groups in total. The van der Waals surface area contributed by atoms with Gasteiger partial charge in [-0.1, -0.05) is 70.1 Å². The maximum Gasteiger partial charge on any atom is 0.100 e. The lowest BCUT2D eigenvalue weighted by atomic mass is 9.98. The summed E-state index contributed by atoms with van der Waals surface area (Å²) in [5, 5.41) is 0. The van der Waals surface area contributed by atoms with Crippen LogP contribution in [0.25, 0.3) is 0 Å². The molecule has 0 heterocycles. The fourth-order valence-corrected chi connectivity index (χ4v) is 2.86. The van der Waals surface area contributed by atoms with E-state index in [1.165, 1.54) is 12.0 Å². The van der Waals surface area contributed by atoms with Crippen LogP contribution < -0.4 is 0 Å². The highest BCUT2D eigenvalue weighted by molar-refractivity contribution is 14.1. The molecule has 90 valence electrons. The molecule has 0 saturated heterocycles. The van der Waals surface area contributed by atoms with Gasteiger partial charge in [0, 0.05) is 15.5 Å². The van der Waals surface area contributed by atoms with Crippen LogP contribution in [0.2, 0.25) is 0 Å². The van der Waals surface area contributed by atoms with Gasteiger partial charge in [0.1, 0.15) is 5.60 Å². The predicted octanol–water partition coefficient (Wildman–Crippen LogP) is 4.92. The Morgan fingerprint density at radius 3 is 2.62 bits per heavy atom. The van der Waals surface area contributed by atoms with E-state index in [2.05, 4.69) is 70.6 Å². The molecule has 0 aliphatic carbocycles. The van der Waals surface area contributed by atoms with E-state index < -0.39 is 0 Å². The van der Waals surface area contributed by atoms with Crippen LogP contribution in [0.5, 0.6) is 0 Å². The van der Waals surface area contributed by atoms with E-state index in [1.807, 2.05) is 6.07 Å². The predicted molar refractivity (Wildman–Crippen MR) is 81.2 cm³/mol. The molecule has 0 spiro atoms. The van der Waals surface area contributed by atoms with Crippen LogP contribution in [0, 0.1) is 0 Å². The molecule has 0 aliphatic rings. The summed E-state index contributed by atoms with van der Waals surface area (Å²) in [6, 6.07) is 8.30. The highest BCUT2D eigenvalue weighted by Gasteiger charge is 2.27. The average molecular weight is 397 g/mol. The number of benzene rings is 1. The van der Waals surface area contributed by atoms with Gasteiger partial charge in [-0.15, -0.1) is 0 Å². The van der Waals surface area contributed by atoms with Gasteiger partial charge in [-0.3, -0.25) is 0 Å². The summed E-state index contributed by atoms with van der Waals surface area (Å²) in [5.74, 6) is 0. The molecule has 1 aromatic carbocycles. The maximum atomic E-state index is 6.05. The zero-order chi connectivity index (χ0) is 12.0. The molecular formula is C13H18BrIO. The van der Waals surface area contributed by atoms with Gasteiger partial charge in [-0.25, -0.2) is 0 Å². The molecule has 0 fully saturated rings. The number of rotatable bonds is 6. The summed E-state index contributed by atoms with van der Waals surface area (Å²) >= 11 is 5.99. The summed E-state index contributed by atoms with van der Waals surface area (Å²) in [6.45, 7) is 5.18. The highest BCUT2D eigenvalue weighted by Crippen LogP contribution is 2.33. The number of unbranched alkanes of at least 4 members (excludes halogenated alkanes) is 1. The van der Waals surface area contributed by atoms with Crippen molar-refractivity contribution in [2.24, 2.45) is 0 Å². The monoisotopic (exact) mass is 396 g/mol. The van der Waals surface area contributed by atoms with Crippen molar-refractivity contribution >= 4 is 38.5 Å². The summed E-state index contributed by atoms with van der Waals surface area (Å²) in [7, 11) is 0. The van der Waals surface area contributed by atoms with Crippen LogP contribution >= 0.6 is 38.5 Å². The van der Waals surface area contributed by atoms with Crippen molar-refractivity contribution < 1.29 is 4.74 Å². The Morgan fingerprint density at radius 1 is 1.38 bits per heavy atom. The lowest BCUT2D eigenvalue weighted by molar-refractivity contribution is -0.0172. The maximum absolute atomic E-state index is 6.05. The molecule has 3 heteroatoms. The molecule has 0 radical (unpaired) electrons. The molecule has 16 heavy (non-hydrogen) atoms. The molecule has 1 rings (SSSR count). The number of hydrogen-bond acceptors (Lipinski definition) is 1. The molecule has 0 saturated carbocycles. The Labute approximate surface area is 120 Å². The fourth-order valence-electron chi connectivity index (χ4n) is 1.52. The van der Waals surface area contributed by atoms with E-state index in [9.17, 15) is 0 Å². The molecule has 0 bridgehead atoms. The molecule has 0 aromatic heterocycles. The lowest BCUT2D eigenvalue weighted by Crippen LogP contribution is -2.28. The largest absolute Gasteiger partial charge is 0.370 e. The zero-order valence-electron chi connectivity index (χ0n) is 9.80. The van der Waals surface area contributed by atoms with E-state index in [1.54, 1.807) is 0 Å². The first kappa shape index (κ1) is 14.5. The van der Waals surface area contributed by atoms with E-state index in [0.29, 0.717) is 0 Å². The van der Waals surface area contributed by atoms with Crippen LogP contribution in [0.1, 0.15) is 32.3 Å². The Balaban J connectivity index is 2.83. The Morgan fingerprint density at radius 2 is 2.06 bits per heavy atom. The van der Waals surface area contributed by atoms with E-state index >= 15 is 0 Å². The van der Waals surface area contributed by atoms with Gasteiger partial charge in [0.05, 0.1) is 0 Å². The molecule has 1 aromatic rings. The zero-order valence-corrected chi connectivity index (χ0v) is 13.5. The third kappa shape index (κ3) is 3.70. The minimum absolute atomic E-state index is 0.185. The fraction of sp³-hybridized carbons (Fsp3) is 0.538. The minimum Gasteiger partial charge on any atom is -0.370 e. The molecule has 1 atom stereocenters. The van der Waals surface area contributed by atoms with Gasteiger partial charge in [-0.2, -0.15) is 0 Å². The molecule has 0 amide bonds. The van der Waals surface area contributed by atoms with E-state index in [0.717, 1.165) is 21.9 Å². The van der Waals surface area contributed by atoms with Crippen LogP contribution in [0.4, 0.5) is 0 Å². The van der Waals surface area contributed by atoms with Crippen molar-refractivity contribution in [2.75, 3.05) is 11.0 Å². The van der Waals surface area contributed by atoms with Crippen LogP contribution in [0.3, 0.4) is 0 Å². The van der Waals surface area contributed by atoms with E-state index in [-0.39, 0.29) is 5.60 Å². The summed E-state index contributed by atoms with van der Waals surface area (Å²) in [4.78, 5) is 0. The molecule has 1 nitrogen and oxygen atoms in total. The van der Waals surface area contributed by atoms with Gasteiger partial charge in [-0.05, 0) is 25.0 Å². The second-order valence-corrected chi connectivity index (χ2v) is 5.66. The van der Waals surface area contributed by atoms with Crippen molar-refractivity contribution in [3.8, 4) is 0 Å². The van der Waals surface area contributed by atoms with Crippen molar-refractivity contribution in [2.45, 2.75) is 32.3 Å². The minimum atomic E-state index is -0.185. The normalized spacial score (nSPS) is 14.8. The highest BCUT2D eigenvalue weighted by atomic mass is 127. The summed E-state index contributed by atoms with van der Waals surface area (Å²) in [5.41, 5.74) is 1.05. The van der Waals surface area contributed by atoms with Crippen LogP contribution in [0.15, 0.2) is 28.7 Å². The van der Waals surface area contributed by atoms with Gasteiger partial charge in [0.2, 0.25) is 0 Å². The summed E-state index contributed by atoms with van der Waals surface area (Å²) < 4.78 is 8.13. The first-order valence-corrected chi connectivity index (χ1v) is 7.91. The Bertz CT molecular complexity index is 329. The van der Waals surface area contributed by atoms with Crippen molar-refractivity contribution in [1.29, 1.82) is 0 Å². The molecular weight excluding hydrogens is 379 g/mol.